The first kappa shape index (κ1) is 16.0. The second-order valence-corrected chi connectivity index (χ2v) is 5.83. The molecule has 2 heterocycles. The van der Waals surface area contributed by atoms with Gasteiger partial charge in [0, 0.05) is 50.5 Å². The van der Waals surface area contributed by atoms with Crippen LogP contribution >= 0.6 is 0 Å². The van der Waals surface area contributed by atoms with Crippen LogP contribution in [-0.4, -0.2) is 42.7 Å². The van der Waals surface area contributed by atoms with E-state index in [9.17, 15) is 0 Å². The maximum absolute atomic E-state index is 5.69. The first-order chi connectivity index (χ1) is 11.4. The average Bonchev–Trinajstić information content (AvgIpc) is 2.62. The standard InChI is InChI=1S/C19H25N3O/c1-2-23-18-8-5-6-16(14-18)19(22-12-10-20-11-13-22)15-17-7-3-4-9-21-17/h3-9,14,19-20H,2,10-13,15H2,1H3. The Bertz CT molecular complexity index is 597. The highest BCUT2D eigenvalue weighted by atomic mass is 16.5. The van der Waals surface area contributed by atoms with Crippen molar-refractivity contribution in [3.8, 4) is 5.75 Å². The van der Waals surface area contributed by atoms with Crippen LogP contribution in [0.4, 0.5) is 0 Å². The van der Waals surface area contributed by atoms with Crippen molar-refractivity contribution in [1.82, 2.24) is 15.2 Å². The number of rotatable bonds is 6. The smallest absolute Gasteiger partial charge is 0.119 e. The van der Waals surface area contributed by atoms with Crippen LogP contribution < -0.4 is 10.1 Å². The van der Waals surface area contributed by atoms with Crippen LogP contribution in [0.2, 0.25) is 0 Å². The number of piperazine rings is 1. The minimum absolute atomic E-state index is 0.340. The van der Waals surface area contributed by atoms with Crippen LogP contribution in [0.25, 0.3) is 0 Å². The zero-order valence-electron chi connectivity index (χ0n) is 13.7. The lowest BCUT2D eigenvalue weighted by molar-refractivity contribution is 0.171. The summed E-state index contributed by atoms with van der Waals surface area (Å²) in [6.07, 6.45) is 2.80. The predicted octanol–water partition coefficient (Wildman–Crippen LogP) is 2.67. The highest BCUT2D eigenvalue weighted by Gasteiger charge is 2.23. The van der Waals surface area contributed by atoms with E-state index in [2.05, 4.69) is 45.5 Å². The molecule has 2 aromatic rings. The fourth-order valence-electron chi connectivity index (χ4n) is 3.15. The van der Waals surface area contributed by atoms with Crippen LogP contribution in [0.3, 0.4) is 0 Å². The third-order valence-electron chi connectivity index (χ3n) is 4.27. The molecule has 1 unspecified atom stereocenters. The molecule has 1 aliphatic rings. The van der Waals surface area contributed by atoms with E-state index in [1.165, 1.54) is 5.56 Å². The molecule has 4 heteroatoms. The largest absolute Gasteiger partial charge is 0.494 e. The number of nitrogens with zero attached hydrogens (tertiary/aromatic N) is 2. The number of hydrogen-bond acceptors (Lipinski definition) is 4. The van der Waals surface area contributed by atoms with Gasteiger partial charge in [0.25, 0.3) is 0 Å². The third-order valence-corrected chi connectivity index (χ3v) is 4.27. The molecule has 0 bridgehead atoms. The van der Waals surface area contributed by atoms with Gasteiger partial charge in [0.15, 0.2) is 0 Å². The Morgan fingerprint density at radius 1 is 1.17 bits per heavy atom. The maximum Gasteiger partial charge on any atom is 0.119 e. The van der Waals surface area contributed by atoms with E-state index in [0.717, 1.165) is 44.0 Å². The lowest BCUT2D eigenvalue weighted by atomic mass is 9.99. The number of aromatic nitrogens is 1. The number of benzene rings is 1. The highest BCUT2D eigenvalue weighted by Crippen LogP contribution is 2.27. The summed E-state index contributed by atoms with van der Waals surface area (Å²) in [5.41, 5.74) is 2.45. The molecule has 0 saturated carbocycles. The molecule has 1 aromatic heterocycles. The van der Waals surface area contributed by atoms with E-state index in [1.54, 1.807) is 0 Å². The molecular weight excluding hydrogens is 286 g/mol. The molecule has 1 saturated heterocycles. The first-order valence-corrected chi connectivity index (χ1v) is 8.44. The van der Waals surface area contributed by atoms with Crippen LogP contribution in [0.1, 0.15) is 24.2 Å². The SMILES string of the molecule is CCOc1cccc(C(Cc2ccccn2)N2CCNCC2)c1. The van der Waals surface area contributed by atoms with Crippen molar-refractivity contribution in [2.75, 3.05) is 32.8 Å². The molecule has 1 aliphatic heterocycles. The van der Waals surface area contributed by atoms with Crippen LogP contribution in [-0.2, 0) is 6.42 Å². The zero-order valence-corrected chi connectivity index (χ0v) is 13.7. The Kier molecular flexibility index (Phi) is 5.61. The van der Waals surface area contributed by atoms with Crippen molar-refractivity contribution in [3.05, 3.63) is 59.9 Å². The van der Waals surface area contributed by atoms with E-state index in [4.69, 9.17) is 4.74 Å². The van der Waals surface area contributed by atoms with Gasteiger partial charge in [0.1, 0.15) is 5.75 Å². The van der Waals surface area contributed by atoms with Gasteiger partial charge < -0.3 is 10.1 Å². The molecule has 0 radical (unpaired) electrons. The van der Waals surface area contributed by atoms with E-state index >= 15 is 0 Å². The molecule has 1 atom stereocenters. The van der Waals surface area contributed by atoms with Crippen LogP contribution in [0.15, 0.2) is 48.7 Å². The predicted molar refractivity (Wildman–Crippen MR) is 92.7 cm³/mol. The molecule has 1 fully saturated rings. The molecule has 0 spiro atoms. The van der Waals surface area contributed by atoms with Gasteiger partial charge in [-0.3, -0.25) is 9.88 Å². The van der Waals surface area contributed by atoms with Gasteiger partial charge in [-0.2, -0.15) is 0 Å². The van der Waals surface area contributed by atoms with Crippen molar-refractivity contribution < 1.29 is 4.74 Å². The van der Waals surface area contributed by atoms with Crippen LogP contribution in [0.5, 0.6) is 5.75 Å². The lowest BCUT2D eigenvalue weighted by Gasteiger charge is -2.35. The van der Waals surface area contributed by atoms with E-state index in [0.29, 0.717) is 12.6 Å². The molecular formula is C19H25N3O. The van der Waals surface area contributed by atoms with Gasteiger partial charge in [0.2, 0.25) is 0 Å². The molecule has 122 valence electrons. The number of ether oxygens (including phenoxy) is 1. The van der Waals surface area contributed by atoms with Gasteiger partial charge in [-0.05, 0) is 36.8 Å². The topological polar surface area (TPSA) is 37.4 Å². The maximum atomic E-state index is 5.69. The number of pyridine rings is 1. The highest BCUT2D eigenvalue weighted by molar-refractivity contribution is 5.31. The van der Waals surface area contributed by atoms with Crippen LogP contribution in [0, 0.1) is 0 Å². The van der Waals surface area contributed by atoms with Crippen molar-refractivity contribution in [2.24, 2.45) is 0 Å². The van der Waals surface area contributed by atoms with Gasteiger partial charge in [-0.1, -0.05) is 18.2 Å². The second kappa shape index (κ2) is 8.09. The summed E-state index contributed by atoms with van der Waals surface area (Å²) in [6.45, 7) is 6.94. The monoisotopic (exact) mass is 311 g/mol. The fourth-order valence-corrected chi connectivity index (χ4v) is 3.15. The number of nitrogens with one attached hydrogen (secondary N) is 1. The Morgan fingerprint density at radius 3 is 2.78 bits per heavy atom. The molecule has 4 nitrogen and oxygen atoms in total. The van der Waals surface area contributed by atoms with Crippen molar-refractivity contribution >= 4 is 0 Å². The Hall–Kier alpha value is -1.91. The summed E-state index contributed by atoms with van der Waals surface area (Å²) >= 11 is 0. The molecule has 23 heavy (non-hydrogen) atoms. The van der Waals surface area contributed by atoms with E-state index in [1.807, 2.05) is 25.3 Å². The van der Waals surface area contributed by atoms with Gasteiger partial charge in [-0.15, -0.1) is 0 Å². The normalized spacial score (nSPS) is 16.9. The molecule has 1 aromatic carbocycles. The summed E-state index contributed by atoms with van der Waals surface area (Å²) < 4.78 is 5.69. The minimum atomic E-state index is 0.340. The fraction of sp³-hybridized carbons (Fsp3) is 0.421. The van der Waals surface area contributed by atoms with Crippen molar-refractivity contribution in [3.63, 3.8) is 0 Å². The summed E-state index contributed by atoms with van der Waals surface area (Å²) in [4.78, 5) is 7.08. The quantitative estimate of drug-likeness (QED) is 0.890. The average molecular weight is 311 g/mol. The first-order valence-electron chi connectivity index (χ1n) is 8.44. The minimum Gasteiger partial charge on any atom is -0.494 e. The second-order valence-electron chi connectivity index (χ2n) is 5.83. The summed E-state index contributed by atoms with van der Waals surface area (Å²) in [5, 5.41) is 3.43. The van der Waals surface area contributed by atoms with Crippen molar-refractivity contribution in [2.45, 2.75) is 19.4 Å². The third kappa shape index (κ3) is 4.30. The van der Waals surface area contributed by atoms with Gasteiger partial charge >= 0.3 is 0 Å². The number of hydrogen-bond donors (Lipinski definition) is 1. The molecule has 0 aliphatic carbocycles. The molecule has 0 amide bonds. The molecule has 1 N–H and O–H groups in total. The summed E-state index contributed by atoms with van der Waals surface area (Å²) in [7, 11) is 0. The van der Waals surface area contributed by atoms with Crippen molar-refractivity contribution in [1.29, 1.82) is 0 Å². The lowest BCUT2D eigenvalue weighted by Crippen LogP contribution is -2.45. The molecule has 3 rings (SSSR count). The van der Waals surface area contributed by atoms with E-state index < -0.39 is 0 Å². The Balaban J connectivity index is 1.85. The summed E-state index contributed by atoms with van der Waals surface area (Å²) in [6, 6.07) is 15.0. The Labute approximate surface area is 138 Å². The van der Waals surface area contributed by atoms with Gasteiger partial charge in [-0.25, -0.2) is 0 Å². The van der Waals surface area contributed by atoms with E-state index in [-0.39, 0.29) is 0 Å². The Morgan fingerprint density at radius 2 is 2.04 bits per heavy atom. The zero-order chi connectivity index (χ0) is 15.9. The summed E-state index contributed by atoms with van der Waals surface area (Å²) in [5.74, 6) is 0.950. The van der Waals surface area contributed by atoms with Gasteiger partial charge in [0.05, 0.1) is 6.61 Å².